The van der Waals surface area contributed by atoms with Crippen LogP contribution < -0.4 is 15.0 Å². The minimum absolute atomic E-state index is 0.0291. The first-order valence-corrected chi connectivity index (χ1v) is 16.3. The number of carboxylic acids is 1. The average Bonchev–Trinajstić information content (AvgIpc) is 3.53. The molecule has 0 unspecified atom stereocenters. The number of thioether (sulfide) groups is 1. The molecule has 2 heterocycles. The molecule has 48 heavy (non-hydrogen) atoms. The van der Waals surface area contributed by atoms with E-state index in [0.717, 1.165) is 27.3 Å². The molecule has 0 saturated carbocycles. The molecule has 15 heteroatoms. The van der Waals surface area contributed by atoms with Gasteiger partial charge < -0.3 is 19.9 Å². The Morgan fingerprint density at radius 2 is 1.83 bits per heavy atom. The summed E-state index contributed by atoms with van der Waals surface area (Å²) in [5.41, 5.74) is 4.44. The van der Waals surface area contributed by atoms with E-state index in [-0.39, 0.29) is 38.2 Å². The van der Waals surface area contributed by atoms with Crippen molar-refractivity contribution in [2.75, 3.05) is 37.0 Å². The normalized spacial score (nSPS) is 11.8. The van der Waals surface area contributed by atoms with Crippen LogP contribution >= 0.6 is 35.0 Å². The average molecular weight is 714 g/mol. The highest BCUT2D eigenvalue weighted by Gasteiger charge is 2.27. The number of rotatable bonds is 11. The van der Waals surface area contributed by atoms with Crippen molar-refractivity contribution in [2.24, 2.45) is 0 Å². The van der Waals surface area contributed by atoms with Gasteiger partial charge >= 0.3 is 18.2 Å². The number of fused-ring (bicyclic) bond motifs is 1. The van der Waals surface area contributed by atoms with E-state index in [1.807, 2.05) is 43.5 Å². The summed E-state index contributed by atoms with van der Waals surface area (Å²) in [6, 6.07) is 16.1. The summed E-state index contributed by atoms with van der Waals surface area (Å²) >= 11 is 14.3. The highest BCUT2D eigenvalue weighted by molar-refractivity contribution is 7.99. The number of aromatic nitrogens is 2. The molecule has 12 nitrogen and oxygen atoms in total. The number of anilines is 1. The molecule has 1 aliphatic heterocycles. The van der Waals surface area contributed by atoms with Crippen molar-refractivity contribution in [3.63, 3.8) is 0 Å². The van der Waals surface area contributed by atoms with E-state index < -0.39 is 12.1 Å². The topological polar surface area (TPSA) is 157 Å². The van der Waals surface area contributed by atoms with Gasteiger partial charge in [0.25, 0.3) is 5.91 Å². The van der Waals surface area contributed by atoms with Crippen molar-refractivity contribution < 1.29 is 38.6 Å². The highest BCUT2D eigenvalue weighted by Crippen LogP contribution is 2.42. The summed E-state index contributed by atoms with van der Waals surface area (Å²) in [4.78, 5) is 55.1. The molecule has 0 radical (unpaired) electrons. The van der Waals surface area contributed by atoms with Gasteiger partial charge in [0.1, 0.15) is 19.0 Å². The fourth-order valence-electron chi connectivity index (χ4n) is 4.75. The van der Waals surface area contributed by atoms with Crippen molar-refractivity contribution in [3.05, 3.63) is 93.7 Å². The zero-order chi connectivity index (χ0) is 34.6. The first kappa shape index (κ1) is 36.0. The van der Waals surface area contributed by atoms with Gasteiger partial charge in [0.15, 0.2) is 0 Å². The molecule has 1 aromatic heterocycles. The second-order valence-electron chi connectivity index (χ2n) is 10.2. The predicted octanol–water partition coefficient (Wildman–Crippen LogP) is 5.96. The number of carbonyl (C=O) groups is 3. The van der Waals surface area contributed by atoms with Crippen LogP contribution in [-0.2, 0) is 25.7 Å². The fraction of sp³-hybridized carbons (Fsp3) is 0.242. The maximum absolute atomic E-state index is 13.1. The Kier molecular flexibility index (Phi) is 13.0. The minimum Gasteiger partial charge on any atom is -0.490 e. The van der Waals surface area contributed by atoms with Crippen LogP contribution in [0, 0.1) is 6.92 Å². The van der Waals surface area contributed by atoms with E-state index in [4.69, 9.17) is 47.4 Å². The van der Waals surface area contributed by atoms with Gasteiger partial charge in [-0.3, -0.25) is 19.2 Å². The lowest BCUT2D eigenvalue weighted by Gasteiger charge is -2.29. The number of nitrogens with zero attached hydrogens (tertiary/aromatic N) is 3. The van der Waals surface area contributed by atoms with Crippen LogP contribution in [0.3, 0.4) is 0 Å². The van der Waals surface area contributed by atoms with E-state index >= 15 is 0 Å². The Labute approximate surface area is 289 Å². The third-order valence-electron chi connectivity index (χ3n) is 7.06. The van der Waals surface area contributed by atoms with Gasteiger partial charge in [0.2, 0.25) is 0 Å². The van der Waals surface area contributed by atoms with E-state index in [9.17, 15) is 14.4 Å². The van der Waals surface area contributed by atoms with Gasteiger partial charge in [-0.25, -0.2) is 4.79 Å². The molecule has 0 aliphatic carbocycles. The molecule has 5 rings (SSSR count). The van der Waals surface area contributed by atoms with Crippen molar-refractivity contribution >= 4 is 64.8 Å². The zero-order valence-corrected chi connectivity index (χ0v) is 27.9. The van der Waals surface area contributed by atoms with Gasteiger partial charge in [-0.15, -0.1) is 11.8 Å². The Hall–Kier alpha value is -4.81. The second kappa shape index (κ2) is 17.4. The van der Waals surface area contributed by atoms with Gasteiger partial charge in [-0.1, -0.05) is 41.4 Å². The van der Waals surface area contributed by atoms with Crippen LogP contribution in [-0.4, -0.2) is 71.1 Å². The van der Waals surface area contributed by atoms with Crippen molar-refractivity contribution in [1.82, 2.24) is 15.1 Å². The van der Waals surface area contributed by atoms with Gasteiger partial charge in [-0.2, -0.15) is 14.7 Å². The number of hydrogen-bond donors (Lipinski definition) is 2. The van der Waals surface area contributed by atoms with Crippen molar-refractivity contribution in [1.29, 1.82) is 0 Å². The molecular formula is C33H30Cl2N4O8S. The molecule has 0 fully saturated rings. The number of carbonyl (C=O) groups excluding carboxylic acids is 4. The standard InChI is InChI=1S/C32H30Cl2N4O6S.CO2/c1-20-25(33)5-3-7-28(20)43-13-14-44-32(42)38-12-15-45-30-24(4-2-6-27(30)38)23-17-36-37(19-23)18-22-16-21(8-9-26(22)34)31(41)35-11-10-29(39)40;2-1-3/h2-9,16-17,19H,10-15,18H2,1H3,(H,35,41)(H,39,40);. The number of nitrogens with one attached hydrogen (secondary N) is 1. The summed E-state index contributed by atoms with van der Waals surface area (Å²) in [7, 11) is 0. The van der Waals surface area contributed by atoms with Crippen LogP contribution in [0.25, 0.3) is 11.1 Å². The van der Waals surface area contributed by atoms with Crippen LogP contribution in [0.5, 0.6) is 5.75 Å². The van der Waals surface area contributed by atoms with E-state index in [2.05, 4.69) is 10.4 Å². The Bertz CT molecular complexity index is 1830. The molecule has 1 aliphatic rings. The number of hydrogen-bond acceptors (Lipinski definition) is 9. The summed E-state index contributed by atoms with van der Waals surface area (Å²) in [6.45, 7) is 3.00. The number of aliphatic carboxylic acids is 1. The molecule has 3 aromatic carbocycles. The molecule has 2 N–H and O–H groups in total. The summed E-state index contributed by atoms with van der Waals surface area (Å²) < 4.78 is 13.0. The second-order valence-corrected chi connectivity index (χ2v) is 12.1. The number of benzene rings is 3. The molecule has 250 valence electrons. The van der Waals surface area contributed by atoms with Gasteiger partial charge in [0, 0.05) is 62.2 Å². The Morgan fingerprint density at radius 1 is 1.06 bits per heavy atom. The number of carboxylic acid groups (broad SMARTS) is 1. The summed E-state index contributed by atoms with van der Waals surface area (Å²) in [5.74, 6) is -0.0204. The number of halogens is 2. The maximum Gasteiger partial charge on any atom is 0.414 e. The van der Waals surface area contributed by atoms with E-state index in [0.29, 0.717) is 45.8 Å². The highest BCUT2D eigenvalue weighted by atomic mass is 35.5. The molecular weight excluding hydrogens is 683 g/mol. The SMILES string of the molecule is Cc1c(Cl)cccc1OCCOC(=O)N1CCSc2c(-c3cnn(Cc4cc(C(=O)NCCC(=O)O)ccc4Cl)c3)cccc21.O=C=O. The minimum atomic E-state index is -0.988. The molecule has 0 bridgehead atoms. The first-order valence-electron chi connectivity index (χ1n) is 14.5. The van der Waals surface area contributed by atoms with Crippen molar-refractivity contribution in [3.8, 4) is 16.9 Å². The summed E-state index contributed by atoms with van der Waals surface area (Å²) in [5, 5.41) is 17.0. The predicted molar refractivity (Wildman–Crippen MR) is 179 cm³/mol. The number of amides is 2. The van der Waals surface area contributed by atoms with Gasteiger partial charge in [-0.05, 0) is 48.9 Å². The third-order valence-corrected chi connectivity index (χ3v) is 8.94. The molecule has 4 aromatic rings. The molecule has 0 spiro atoms. The van der Waals surface area contributed by atoms with Gasteiger partial charge in [0.05, 0.1) is 24.8 Å². The van der Waals surface area contributed by atoms with Crippen LogP contribution in [0.4, 0.5) is 10.5 Å². The Balaban J connectivity index is 0.00000167. The largest absolute Gasteiger partial charge is 0.490 e. The molecule has 0 saturated heterocycles. The molecule has 2 amide bonds. The Morgan fingerprint density at radius 3 is 2.60 bits per heavy atom. The quantitative estimate of drug-likeness (QED) is 0.178. The third kappa shape index (κ3) is 9.39. The fourth-order valence-corrected chi connectivity index (χ4v) is 6.24. The lowest BCUT2D eigenvalue weighted by molar-refractivity contribution is -0.191. The van der Waals surface area contributed by atoms with Crippen LogP contribution in [0.15, 0.2) is 71.9 Å². The van der Waals surface area contributed by atoms with Crippen molar-refractivity contribution in [2.45, 2.75) is 24.8 Å². The molecule has 0 atom stereocenters. The lowest BCUT2D eigenvalue weighted by atomic mass is 10.1. The smallest absolute Gasteiger partial charge is 0.414 e. The lowest BCUT2D eigenvalue weighted by Crippen LogP contribution is -2.36. The first-order chi connectivity index (χ1) is 23.1. The van der Waals surface area contributed by atoms with Crippen LogP contribution in [0.2, 0.25) is 10.0 Å². The number of ether oxygens (including phenoxy) is 2. The zero-order valence-electron chi connectivity index (χ0n) is 25.6. The maximum atomic E-state index is 13.1. The summed E-state index contributed by atoms with van der Waals surface area (Å²) in [6.07, 6.45) is 3.28. The monoisotopic (exact) mass is 712 g/mol. The van der Waals surface area contributed by atoms with E-state index in [1.165, 1.54) is 0 Å². The van der Waals surface area contributed by atoms with Crippen LogP contribution in [0.1, 0.15) is 27.9 Å². The van der Waals surface area contributed by atoms with E-state index in [1.54, 1.807) is 51.8 Å².